The average molecular weight is 572 g/mol. The first kappa shape index (κ1) is 27.0. The second kappa shape index (κ2) is 10.8. The summed E-state index contributed by atoms with van der Waals surface area (Å²) >= 11 is 6.20. The summed E-state index contributed by atoms with van der Waals surface area (Å²) in [6, 6.07) is 17.5. The third-order valence-corrected chi connectivity index (χ3v) is 8.31. The Morgan fingerprint density at radius 2 is 1.34 bits per heavy atom. The van der Waals surface area contributed by atoms with E-state index in [4.69, 9.17) is 11.6 Å². The van der Waals surface area contributed by atoms with E-state index in [2.05, 4.69) is 24.7 Å². The van der Waals surface area contributed by atoms with Crippen LogP contribution in [0.1, 0.15) is 21.6 Å². The molecule has 0 spiro atoms. The van der Waals surface area contributed by atoms with Gasteiger partial charge in [0.2, 0.25) is 5.95 Å². The van der Waals surface area contributed by atoms with Gasteiger partial charge in [0.15, 0.2) is 0 Å². The van der Waals surface area contributed by atoms with Crippen LogP contribution in [0.5, 0.6) is 0 Å². The molecule has 0 aliphatic heterocycles. The van der Waals surface area contributed by atoms with Gasteiger partial charge in [0, 0.05) is 23.3 Å². The van der Waals surface area contributed by atoms with Crippen LogP contribution in [0, 0.1) is 13.8 Å². The lowest BCUT2D eigenvalue weighted by atomic mass is 10.2. The quantitative estimate of drug-likeness (QED) is 0.280. The highest BCUT2D eigenvalue weighted by Crippen LogP contribution is 2.25. The van der Waals surface area contributed by atoms with E-state index in [9.17, 15) is 21.6 Å². The van der Waals surface area contributed by atoms with Gasteiger partial charge in [0.1, 0.15) is 0 Å². The van der Waals surface area contributed by atoms with Gasteiger partial charge in [-0.25, -0.2) is 31.5 Å². The number of aromatic nitrogens is 2. The lowest BCUT2D eigenvalue weighted by molar-refractivity contribution is 0.102. The van der Waals surface area contributed by atoms with E-state index in [1.54, 1.807) is 25.1 Å². The fraction of sp³-hybridized carbons (Fsp3) is 0.0800. The van der Waals surface area contributed by atoms with Crippen LogP contribution >= 0.6 is 11.6 Å². The zero-order valence-electron chi connectivity index (χ0n) is 20.1. The number of anilines is 3. The highest BCUT2D eigenvalue weighted by atomic mass is 35.5. The first-order valence-corrected chi connectivity index (χ1v) is 14.4. The number of rotatable bonds is 8. The Labute approximate surface area is 225 Å². The van der Waals surface area contributed by atoms with Crippen molar-refractivity contribution >= 4 is 54.9 Å². The standard InChI is InChI=1S/C25H22ClN5O5S2/c1-16-3-8-20(9-4-16)37(33,34)30-19-7-12-23(26)22(15-19)24(32)29-18-5-10-21(11-6-18)38(35,36)31-25-27-14-13-17(2)28-25/h3-15,30H,1-2H3,(H,29,32)(H,27,28,31). The molecule has 0 aliphatic carbocycles. The zero-order valence-corrected chi connectivity index (χ0v) is 22.5. The van der Waals surface area contributed by atoms with Crippen molar-refractivity contribution in [2.45, 2.75) is 23.6 Å². The third-order valence-electron chi connectivity index (χ3n) is 5.24. The Hall–Kier alpha value is -4.00. The third kappa shape index (κ3) is 6.46. The molecule has 196 valence electrons. The van der Waals surface area contributed by atoms with Crippen LogP contribution in [-0.2, 0) is 20.0 Å². The molecule has 4 rings (SSSR count). The molecule has 0 saturated carbocycles. The Kier molecular flexibility index (Phi) is 7.67. The molecular weight excluding hydrogens is 550 g/mol. The fourth-order valence-corrected chi connectivity index (χ4v) is 5.49. The number of sulfonamides is 2. The summed E-state index contributed by atoms with van der Waals surface area (Å²) in [5, 5.41) is 2.72. The monoisotopic (exact) mass is 571 g/mol. The Bertz CT molecular complexity index is 1710. The minimum absolute atomic E-state index is 0.0192. The van der Waals surface area contributed by atoms with Gasteiger partial charge in [0.05, 0.1) is 20.4 Å². The minimum atomic E-state index is -3.96. The van der Waals surface area contributed by atoms with Crippen LogP contribution in [0.25, 0.3) is 0 Å². The number of nitrogens with one attached hydrogen (secondary N) is 3. The first-order valence-electron chi connectivity index (χ1n) is 11.1. The molecule has 0 fully saturated rings. The number of amides is 1. The molecule has 4 aromatic rings. The number of carbonyl (C=O) groups is 1. The van der Waals surface area contributed by atoms with Crippen LogP contribution in [0.4, 0.5) is 17.3 Å². The van der Waals surface area contributed by atoms with Crippen molar-refractivity contribution in [2.24, 2.45) is 0 Å². The summed E-state index contributed by atoms with van der Waals surface area (Å²) in [5.74, 6) is -0.678. The van der Waals surface area contributed by atoms with Crippen molar-refractivity contribution < 1.29 is 21.6 Å². The number of carbonyl (C=O) groups excluding carboxylic acids is 1. The largest absolute Gasteiger partial charge is 0.322 e. The molecule has 0 unspecified atom stereocenters. The Morgan fingerprint density at radius 3 is 1.97 bits per heavy atom. The summed E-state index contributed by atoms with van der Waals surface area (Å²) in [4.78, 5) is 20.8. The first-order chi connectivity index (χ1) is 17.9. The molecule has 0 saturated heterocycles. The minimum Gasteiger partial charge on any atom is -0.322 e. The zero-order chi connectivity index (χ0) is 27.5. The number of hydrogen-bond acceptors (Lipinski definition) is 7. The van der Waals surface area contributed by atoms with Crippen molar-refractivity contribution in [3.8, 4) is 0 Å². The van der Waals surface area contributed by atoms with Crippen LogP contribution in [0.15, 0.2) is 88.8 Å². The highest BCUT2D eigenvalue weighted by molar-refractivity contribution is 7.93. The molecule has 10 nitrogen and oxygen atoms in total. The van der Waals surface area contributed by atoms with Crippen molar-refractivity contribution in [1.82, 2.24) is 9.97 Å². The molecular formula is C25H22ClN5O5S2. The molecule has 0 atom stereocenters. The van der Waals surface area contributed by atoms with Gasteiger partial charge in [-0.05, 0) is 74.5 Å². The normalized spacial score (nSPS) is 11.6. The van der Waals surface area contributed by atoms with Crippen molar-refractivity contribution in [2.75, 3.05) is 14.8 Å². The fourth-order valence-electron chi connectivity index (χ4n) is 3.29. The van der Waals surface area contributed by atoms with Crippen LogP contribution < -0.4 is 14.8 Å². The maximum atomic E-state index is 12.9. The average Bonchev–Trinajstić information content (AvgIpc) is 2.85. The molecule has 0 bridgehead atoms. The van der Waals surface area contributed by atoms with Crippen molar-refractivity contribution in [3.05, 3.63) is 101 Å². The Balaban J connectivity index is 1.48. The summed E-state index contributed by atoms with van der Waals surface area (Å²) in [5.41, 5.74) is 1.97. The molecule has 13 heteroatoms. The summed E-state index contributed by atoms with van der Waals surface area (Å²) in [6.45, 7) is 3.55. The molecule has 3 aromatic carbocycles. The topological polar surface area (TPSA) is 147 Å². The van der Waals surface area contributed by atoms with E-state index >= 15 is 0 Å². The number of nitrogens with zero attached hydrogens (tertiary/aromatic N) is 2. The molecule has 1 heterocycles. The van der Waals surface area contributed by atoms with Gasteiger partial charge in [-0.1, -0.05) is 29.3 Å². The maximum absolute atomic E-state index is 12.9. The van der Waals surface area contributed by atoms with Gasteiger partial charge in [-0.2, -0.15) is 0 Å². The van der Waals surface area contributed by atoms with Crippen molar-refractivity contribution in [3.63, 3.8) is 0 Å². The second-order valence-electron chi connectivity index (χ2n) is 8.22. The van der Waals surface area contributed by atoms with Crippen LogP contribution in [-0.4, -0.2) is 32.7 Å². The lowest BCUT2D eigenvalue weighted by Crippen LogP contribution is -2.16. The highest BCUT2D eigenvalue weighted by Gasteiger charge is 2.19. The predicted octanol–water partition coefficient (Wildman–Crippen LogP) is 4.60. The molecule has 1 amide bonds. The number of aryl methyl sites for hydroxylation is 2. The molecule has 0 radical (unpaired) electrons. The number of halogens is 1. The van der Waals surface area contributed by atoms with E-state index in [-0.39, 0.29) is 32.0 Å². The molecule has 38 heavy (non-hydrogen) atoms. The van der Waals surface area contributed by atoms with E-state index in [1.165, 1.54) is 60.8 Å². The molecule has 0 aliphatic rings. The molecule has 3 N–H and O–H groups in total. The van der Waals surface area contributed by atoms with Crippen LogP contribution in [0.3, 0.4) is 0 Å². The van der Waals surface area contributed by atoms with Gasteiger partial charge < -0.3 is 5.32 Å². The number of hydrogen-bond donors (Lipinski definition) is 3. The van der Waals surface area contributed by atoms with Gasteiger partial charge in [0.25, 0.3) is 26.0 Å². The predicted molar refractivity (Wildman–Crippen MR) is 145 cm³/mol. The van der Waals surface area contributed by atoms with E-state index in [0.29, 0.717) is 11.4 Å². The summed E-state index contributed by atoms with van der Waals surface area (Å²) in [6.07, 6.45) is 1.44. The van der Waals surface area contributed by atoms with Gasteiger partial charge in [-0.3, -0.25) is 9.52 Å². The maximum Gasteiger partial charge on any atom is 0.264 e. The van der Waals surface area contributed by atoms with E-state index in [0.717, 1.165) is 5.56 Å². The molecule has 1 aromatic heterocycles. The van der Waals surface area contributed by atoms with Crippen molar-refractivity contribution in [1.29, 1.82) is 0 Å². The number of benzene rings is 3. The van der Waals surface area contributed by atoms with E-state index < -0.39 is 26.0 Å². The van der Waals surface area contributed by atoms with Crippen LogP contribution in [0.2, 0.25) is 5.02 Å². The smallest absolute Gasteiger partial charge is 0.264 e. The summed E-state index contributed by atoms with van der Waals surface area (Å²) < 4.78 is 55.4. The van der Waals surface area contributed by atoms with Gasteiger partial charge in [-0.15, -0.1) is 0 Å². The van der Waals surface area contributed by atoms with Gasteiger partial charge >= 0.3 is 0 Å². The SMILES string of the molecule is Cc1ccc(S(=O)(=O)Nc2ccc(Cl)c(C(=O)Nc3ccc(S(=O)(=O)Nc4nccc(C)n4)cc3)c2)cc1. The second-order valence-corrected chi connectivity index (χ2v) is 12.0. The Morgan fingerprint density at radius 1 is 0.763 bits per heavy atom. The lowest BCUT2D eigenvalue weighted by Gasteiger charge is -2.12. The van der Waals surface area contributed by atoms with E-state index in [1.807, 2.05) is 6.92 Å². The summed E-state index contributed by atoms with van der Waals surface area (Å²) in [7, 11) is -7.84.